The Hall–Kier alpha value is -3.36. The number of ether oxygens (including phenoxy) is 1. The Morgan fingerprint density at radius 1 is 1.13 bits per heavy atom. The number of aromatic nitrogens is 2. The van der Waals surface area contributed by atoms with Crippen molar-refractivity contribution in [3.63, 3.8) is 0 Å². The predicted molar refractivity (Wildman–Crippen MR) is 120 cm³/mol. The van der Waals surface area contributed by atoms with E-state index >= 15 is 0 Å². The lowest BCUT2D eigenvalue weighted by molar-refractivity contribution is 0.0955. The van der Waals surface area contributed by atoms with Gasteiger partial charge in [0, 0.05) is 15.6 Å². The summed E-state index contributed by atoms with van der Waals surface area (Å²) in [4.78, 5) is 19.7. The largest absolute Gasteiger partial charge is 0.436 e. The first-order valence-corrected chi connectivity index (χ1v) is 10.1. The zero-order valence-corrected chi connectivity index (χ0v) is 18.1. The second kappa shape index (κ2) is 9.20. The number of carbonyl (C=O) groups excluding carboxylic acids is 1. The first-order chi connectivity index (χ1) is 15.0. The predicted octanol–water partition coefficient (Wildman–Crippen LogP) is 5.74. The highest BCUT2D eigenvalue weighted by atomic mass is 79.9. The topological polar surface area (TPSA) is 76.5 Å². The number of fused-ring (bicyclic) bond motifs is 1. The lowest BCUT2D eigenvalue weighted by Crippen LogP contribution is -2.17. The lowest BCUT2D eigenvalue weighted by Gasteiger charge is -2.11. The molecule has 0 aliphatic rings. The van der Waals surface area contributed by atoms with Crippen molar-refractivity contribution in [2.24, 2.45) is 5.10 Å². The van der Waals surface area contributed by atoms with Crippen LogP contribution in [-0.2, 0) is 0 Å². The highest BCUT2D eigenvalue weighted by Gasteiger charge is 2.13. The summed E-state index contributed by atoms with van der Waals surface area (Å²) >= 11 is 9.08. The number of benzene rings is 3. The summed E-state index contributed by atoms with van der Waals surface area (Å²) in [5.41, 5.74) is 3.46. The Balaban J connectivity index is 1.67. The molecule has 31 heavy (non-hydrogen) atoms. The van der Waals surface area contributed by atoms with Gasteiger partial charge in [-0.3, -0.25) is 4.79 Å². The summed E-state index contributed by atoms with van der Waals surface area (Å²) in [5, 5.41) is 5.63. The molecular formula is C22H13BrClFN4O2. The van der Waals surface area contributed by atoms with Crippen molar-refractivity contribution in [3.05, 3.63) is 93.6 Å². The molecular weight excluding hydrogens is 487 g/mol. The van der Waals surface area contributed by atoms with Gasteiger partial charge in [0.2, 0.25) is 11.1 Å². The van der Waals surface area contributed by atoms with E-state index in [-0.39, 0.29) is 22.8 Å². The van der Waals surface area contributed by atoms with Crippen molar-refractivity contribution in [1.82, 2.24) is 15.4 Å². The number of nitrogens with zero attached hydrogens (tertiary/aromatic N) is 3. The van der Waals surface area contributed by atoms with Crippen LogP contribution < -0.4 is 10.2 Å². The van der Waals surface area contributed by atoms with Gasteiger partial charge in [-0.05, 0) is 52.7 Å². The molecule has 4 aromatic rings. The third kappa shape index (κ3) is 4.87. The molecule has 0 bridgehead atoms. The normalized spacial score (nSPS) is 11.1. The SMILES string of the molecule is O=C(N/N=C\c1c(Oc2nc(Cl)ncc2F)ccc2ccccc12)c1ccc(Br)cc1. The fourth-order valence-electron chi connectivity index (χ4n) is 2.83. The monoisotopic (exact) mass is 498 g/mol. The average molecular weight is 500 g/mol. The quantitative estimate of drug-likeness (QED) is 0.216. The maximum absolute atomic E-state index is 14.1. The van der Waals surface area contributed by atoms with Gasteiger partial charge in [0.15, 0.2) is 0 Å². The second-order valence-electron chi connectivity index (χ2n) is 6.30. The molecule has 1 N–H and O–H groups in total. The smallest absolute Gasteiger partial charge is 0.271 e. The average Bonchev–Trinajstić information content (AvgIpc) is 2.77. The summed E-state index contributed by atoms with van der Waals surface area (Å²) in [6.45, 7) is 0. The summed E-state index contributed by atoms with van der Waals surface area (Å²) in [6.07, 6.45) is 2.37. The second-order valence-corrected chi connectivity index (χ2v) is 7.55. The molecule has 0 spiro atoms. The highest BCUT2D eigenvalue weighted by Crippen LogP contribution is 2.31. The minimum atomic E-state index is -0.760. The van der Waals surface area contributed by atoms with Crippen LogP contribution in [0, 0.1) is 5.82 Å². The third-order valence-corrected chi connectivity index (χ3v) is 5.00. The summed E-state index contributed by atoms with van der Waals surface area (Å²) in [5.74, 6) is -1.16. The molecule has 154 valence electrons. The number of hydrogen-bond donors (Lipinski definition) is 1. The fourth-order valence-corrected chi connectivity index (χ4v) is 3.22. The van der Waals surface area contributed by atoms with Crippen molar-refractivity contribution < 1.29 is 13.9 Å². The van der Waals surface area contributed by atoms with Crippen molar-refractivity contribution in [1.29, 1.82) is 0 Å². The summed E-state index contributed by atoms with van der Waals surface area (Å²) in [6, 6.07) is 17.9. The molecule has 0 aliphatic heterocycles. The van der Waals surface area contributed by atoms with Gasteiger partial charge in [-0.25, -0.2) is 10.4 Å². The first kappa shape index (κ1) is 20.9. The molecule has 1 amide bonds. The molecule has 9 heteroatoms. The van der Waals surface area contributed by atoms with Crippen LogP contribution in [0.2, 0.25) is 5.28 Å². The van der Waals surface area contributed by atoms with Crippen molar-refractivity contribution in [2.45, 2.75) is 0 Å². The van der Waals surface area contributed by atoms with Gasteiger partial charge in [0.1, 0.15) is 5.75 Å². The molecule has 0 fully saturated rings. The maximum Gasteiger partial charge on any atom is 0.271 e. The van der Waals surface area contributed by atoms with Crippen LogP contribution in [0.1, 0.15) is 15.9 Å². The minimum Gasteiger partial charge on any atom is -0.436 e. The molecule has 3 aromatic carbocycles. The molecule has 0 radical (unpaired) electrons. The molecule has 0 saturated carbocycles. The highest BCUT2D eigenvalue weighted by molar-refractivity contribution is 9.10. The van der Waals surface area contributed by atoms with E-state index in [1.54, 1.807) is 30.3 Å². The number of rotatable bonds is 5. The van der Waals surface area contributed by atoms with Gasteiger partial charge in [-0.2, -0.15) is 14.5 Å². The Bertz CT molecular complexity index is 1300. The number of carbonyl (C=O) groups is 1. The van der Waals surface area contributed by atoms with E-state index in [1.807, 2.05) is 30.3 Å². The van der Waals surface area contributed by atoms with Gasteiger partial charge in [-0.1, -0.05) is 46.3 Å². The van der Waals surface area contributed by atoms with Crippen LogP contribution in [0.25, 0.3) is 10.8 Å². The van der Waals surface area contributed by atoms with Crippen LogP contribution >= 0.6 is 27.5 Å². The molecule has 0 atom stereocenters. The fraction of sp³-hybridized carbons (Fsp3) is 0. The van der Waals surface area contributed by atoms with Gasteiger partial charge in [0.05, 0.1) is 12.4 Å². The molecule has 0 saturated heterocycles. The first-order valence-electron chi connectivity index (χ1n) is 8.98. The van der Waals surface area contributed by atoms with E-state index in [0.29, 0.717) is 11.1 Å². The van der Waals surface area contributed by atoms with E-state index < -0.39 is 5.82 Å². The molecule has 0 unspecified atom stereocenters. The molecule has 1 aromatic heterocycles. The number of halogens is 3. The molecule has 1 heterocycles. The van der Waals surface area contributed by atoms with Crippen molar-refractivity contribution in [2.75, 3.05) is 0 Å². The third-order valence-electron chi connectivity index (χ3n) is 4.29. The summed E-state index contributed by atoms with van der Waals surface area (Å²) < 4.78 is 20.6. The van der Waals surface area contributed by atoms with Crippen molar-refractivity contribution >= 4 is 50.4 Å². The van der Waals surface area contributed by atoms with Gasteiger partial charge in [-0.15, -0.1) is 0 Å². The van der Waals surface area contributed by atoms with E-state index in [2.05, 4.69) is 36.4 Å². The molecule has 0 aliphatic carbocycles. The van der Waals surface area contributed by atoms with E-state index in [4.69, 9.17) is 16.3 Å². The van der Waals surface area contributed by atoms with Crippen LogP contribution in [0.3, 0.4) is 0 Å². The summed E-state index contributed by atoms with van der Waals surface area (Å²) in [7, 11) is 0. The van der Waals surface area contributed by atoms with Gasteiger partial charge < -0.3 is 4.74 Å². The Kier molecular flexibility index (Phi) is 6.20. The number of amides is 1. The minimum absolute atomic E-state index is 0.144. The van der Waals surface area contributed by atoms with Crippen LogP contribution in [-0.4, -0.2) is 22.1 Å². The molecule has 4 rings (SSSR count). The van der Waals surface area contributed by atoms with Gasteiger partial charge in [0.25, 0.3) is 11.8 Å². The lowest BCUT2D eigenvalue weighted by atomic mass is 10.0. The Morgan fingerprint density at radius 2 is 1.90 bits per heavy atom. The van der Waals surface area contributed by atoms with E-state index in [9.17, 15) is 9.18 Å². The number of hydrazone groups is 1. The van der Waals surface area contributed by atoms with Crippen LogP contribution in [0.15, 0.2) is 76.4 Å². The zero-order chi connectivity index (χ0) is 21.8. The van der Waals surface area contributed by atoms with E-state index in [0.717, 1.165) is 21.4 Å². The van der Waals surface area contributed by atoms with Gasteiger partial charge >= 0.3 is 0 Å². The van der Waals surface area contributed by atoms with Crippen molar-refractivity contribution in [3.8, 4) is 11.6 Å². The molecule has 6 nitrogen and oxygen atoms in total. The zero-order valence-electron chi connectivity index (χ0n) is 15.7. The standard InChI is InChI=1S/C22H13BrClFN4O2/c23-15-8-5-14(6-9-15)20(30)29-27-11-17-16-4-2-1-3-13(16)7-10-19(17)31-21-18(25)12-26-22(24)28-21/h1-12H,(H,29,30)/b27-11-. The maximum atomic E-state index is 14.1. The number of hydrogen-bond acceptors (Lipinski definition) is 5. The Morgan fingerprint density at radius 3 is 2.71 bits per heavy atom. The van der Waals surface area contributed by atoms with Crippen LogP contribution in [0.4, 0.5) is 4.39 Å². The number of nitrogens with one attached hydrogen (secondary N) is 1. The van der Waals surface area contributed by atoms with Crippen LogP contribution in [0.5, 0.6) is 11.6 Å². The Labute approximate surface area is 189 Å². The van der Waals surface area contributed by atoms with E-state index in [1.165, 1.54) is 6.21 Å².